The summed E-state index contributed by atoms with van der Waals surface area (Å²) in [6.45, 7) is 1.41. The Kier molecular flexibility index (Phi) is 5.57. The third kappa shape index (κ3) is 4.89. The first-order valence-electron chi connectivity index (χ1n) is 9.52. The van der Waals surface area contributed by atoms with Crippen molar-refractivity contribution in [3.05, 3.63) is 54.2 Å². The number of benzene rings is 2. The van der Waals surface area contributed by atoms with Gasteiger partial charge in [0.05, 0.1) is 6.61 Å². The van der Waals surface area contributed by atoms with Crippen molar-refractivity contribution in [2.45, 2.75) is 19.3 Å². The Morgan fingerprint density at radius 3 is 2.62 bits per heavy atom. The van der Waals surface area contributed by atoms with Gasteiger partial charge in [-0.15, -0.1) is 8.78 Å². The second-order valence-corrected chi connectivity index (χ2v) is 7.01. The molecule has 9 nitrogen and oxygen atoms in total. The summed E-state index contributed by atoms with van der Waals surface area (Å²) in [5.74, 6) is 0.224. The van der Waals surface area contributed by atoms with E-state index < -0.39 is 18.3 Å². The lowest BCUT2D eigenvalue weighted by atomic mass is 10.2. The number of carbonyl (C=O) groups excluding carboxylic acids is 1. The predicted molar refractivity (Wildman–Crippen MR) is 107 cm³/mol. The van der Waals surface area contributed by atoms with Crippen molar-refractivity contribution < 1.29 is 37.6 Å². The molecule has 0 fully saturated rings. The van der Waals surface area contributed by atoms with Crippen LogP contribution in [0.5, 0.6) is 28.7 Å². The number of aliphatic hydroxyl groups excluding tert-OH is 1. The van der Waals surface area contributed by atoms with Gasteiger partial charge in [0.2, 0.25) is 0 Å². The third-order valence-electron chi connectivity index (χ3n) is 4.30. The number of aliphatic hydroxyl groups is 1. The molecule has 1 aliphatic heterocycles. The number of nitrogens with zero attached hydrogens (tertiary/aromatic N) is 2. The number of halogens is 2. The molecule has 2 heterocycles. The molecule has 0 unspecified atom stereocenters. The smallest absolute Gasteiger partial charge is 0.488 e. The zero-order valence-electron chi connectivity index (χ0n) is 17.0. The molecule has 1 atom stereocenters. The zero-order valence-corrected chi connectivity index (χ0v) is 17.0. The molecule has 0 bridgehead atoms. The number of hydrogen-bond acceptors (Lipinski definition) is 7. The van der Waals surface area contributed by atoms with E-state index in [1.807, 2.05) is 0 Å². The first-order valence-corrected chi connectivity index (χ1v) is 9.52. The Morgan fingerprint density at radius 2 is 1.91 bits per heavy atom. The molecule has 2 N–H and O–H groups in total. The number of hydrogen-bond donors (Lipinski definition) is 2. The molecular weight excluding hydrogens is 428 g/mol. The highest BCUT2D eigenvalue weighted by atomic mass is 19.3. The fourth-order valence-corrected chi connectivity index (χ4v) is 2.90. The van der Waals surface area contributed by atoms with Crippen molar-refractivity contribution in [2.24, 2.45) is 7.05 Å². The van der Waals surface area contributed by atoms with Gasteiger partial charge in [0.25, 0.3) is 5.91 Å². The molecule has 3 aromatic rings. The lowest BCUT2D eigenvalue weighted by molar-refractivity contribution is -0.286. The zero-order chi connectivity index (χ0) is 22.9. The number of amides is 1. The Labute approximate surface area is 181 Å². The normalized spacial score (nSPS) is 14.7. The van der Waals surface area contributed by atoms with Crippen molar-refractivity contribution in [3.63, 3.8) is 0 Å². The summed E-state index contributed by atoms with van der Waals surface area (Å²) in [5.41, 5.74) is 0.195. The molecule has 0 aliphatic carbocycles. The van der Waals surface area contributed by atoms with Gasteiger partial charge in [0.1, 0.15) is 23.4 Å². The number of fused-ring (bicyclic) bond motifs is 1. The molecule has 168 valence electrons. The Morgan fingerprint density at radius 1 is 1.16 bits per heavy atom. The van der Waals surface area contributed by atoms with Gasteiger partial charge < -0.3 is 29.4 Å². The minimum atomic E-state index is -3.74. The van der Waals surface area contributed by atoms with E-state index >= 15 is 0 Å². The highest BCUT2D eigenvalue weighted by Gasteiger charge is 2.43. The average Bonchev–Trinajstić information content (AvgIpc) is 3.27. The van der Waals surface area contributed by atoms with Gasteiger partial charge in [-0.2, -0.15) is 5.10 Å². The summed E-state index contributed by atoms with van der Waals surface area (Å²) in [5, 5.41) is 16.0. The largest absolute Gasteiger partial charge is 0.586 e. The first-order chi connectivity index (χ1) is 15.2. The maximum atomic E-state index is 13.3. The highest BCUT2D eigenvalue weighted by molar-refractivity contribution is 6.04. The molecule has 11 heteroatoms. The van der Waals surface area contributed by atoms with Crippen LogP contribution in [0.4, 0.5) is 14.6 Å². The van der Waals surface area contributed by atoms with E-state index in [1.165, 1.54) is 41.1 Å². The van der Waals surface area contributed by atoms with Crippen LogP contribution in [0.2, 0.25) is 0 Å². The number of nitrogens with one attached hydrogen (secondary N) is 1. The Bertz CT molecular complexity index is 1150. The molecule has 0 saturated carbocycles. The average molecular weight is 447 g/mol. The Hall–Kier alpha value is -3.86. The van der Waals surface area contributed by atoms with Crippen molar-refractivity contribution >= 4 is 11.7 Å². The maximum Gasteiger partial charge on any atom is 0.586 e. The topological polar surface area (TPSA) is 104 Å². The lowest BCUT2D eigenvalue weighted by Gasteiger charge is -2.15. The van der Waals surface area contributed by atoms with E-state index in [-0.39, 0.29) is 40.9 Å². The van der Waals surface area contributed by atoms with E-state index in [4.69, 9.17) is 9.47 Å². The van der Waals surface area contributed by atoms with Crippen molar-refractivity contribution in [3.8, 4) is 28.7 Å². The predicted octanol–water partition coefficient (Wildman–Crippen LogP) is 3.55. The van der Waals surface area contributed by atoms with E-state index in [0.29, 0.717) is 5.82 Å². The number of rotatable bonds is 7. The summed E-state index contributed by atoms with van der Waals surface area (Å²) in [6.07, 6.45) is -2.61. The van der Waals surface area contributed by atoms with Gasteiger partial charge in [-0.05, 0) is 31.2 Å². The number of aryl methyl sites for hydroxylation is 1. The van der Waals surface area contributed by atoms with Gasteiger partial charge in [-0.3, -0.25) is 9.48 Å². The Balaban J connectivity index is 1.60. The molecule has 0 saturated heterocycles. The monoisotopic (exact) mass is 447 g/mol. The SMILES string of the molecule is C[C@@H](CO)Oc1cc(Oc2ccc3c(c2)OC(F)(F)O3)cc(C(=O)Nc2ccn(C)n2)c1. The standard InChI is InChI=1S/C21H19F2N3O6/c1-12(11-27)29-15-7-13(20(28)24-19-5-6-26(2)25-19)8-16(9-15)30-14-3-4-17-18(10-14)32-21(22,23)31-17/h3-10,12,27H,11H2,1-2H3,(H,24,25,28)/t12-/m0/s1. The van der Waals surface area contributed by atoms with Crippen LogP contribution in [0.15, 0.2) is 48.7 Å². The van der Waals surface area contributed by atoms with E-state index in [0.717, 1.165) is 0 Å². The van der Waals surface area contributed by atoms with E-state index in [9.17, 15) is 18.7 Å². The third-order valence-corrected chi connectivity index (χ3v) is 4.30. The molecule has 2 aromatic carbocycles. The highest BCUT2D eigenvalue weighted by Crippen LogP contribution is 2.43. The molecular formula is C21H19F2N3O6. The van der Waals surface area contributed by atoms with Crippen molar-refractivity contribution in [2.75, 3.05) is 11.9 Å². The number of anilines is 1. The second-order valence-electron chi connectivity index (χ2n) is 7.01. The molecule has 1 aromatic heterocycles. The molecule has 1 amide bonds. The first kappa shape index (κ1) is 21.4. The summed E-state index contributed by atoms with van der Waals surface area (Å²) in [6, 6.07) is 10.0. The quantitative estimate of drug-likeness (QED) is 0.571. The summed E-state index contributed by atoms with van der Waals surface area (Å²) in [7, 11) is 1.72. The fourth-order valence-electron chi connectivity index (χ4n) is 2.90. The van der Waals surface area contributed by atoms with Crippen molar-refractivity contribution in [1.82, 2.24) is 9.78 Å². The van der Waals surface area contributed by atoms with Gasteiger partial charge >= 0.3 is 6.29 Å². The lowest BCUT2D eigenvalue weighted by Crippen LogP contribution is -2.25. The number of alkyl halides is 2. The van der Waals surface area contributed by atoms with Crippen LogP contribution in [-0.4, -0.2) is 39.8 Å². The summed E-state index contributed by atoms with van der Waals surface area (Å²) < 4.78 is 48.2. The molecule has 0 radical (unpaired) electrons. The van der Waals surface area contributed by atoms with Crippen molar-refractivity contribution in [1.29, 1.82) is 0 Å². The van der Waals surface area contributed by atoms with E-state index in [2.05, 4.69) is 19.9 Å². The van der Waals surface area contributed by atoms with Crippen LogP contribution in [0, 0.1) is 0 Å². The fraction of sp³-hybridized carbons (Fsp3) is 0.238. The molecule has 0 spiro atoms. The molecule has 4 rings (SSSR count). The molecule has 32 heavy (non-hydrogen) atoms. The van der Waals surface area contributed by atoms with Gasteiger partial charge in [-0.1, -0.05) is 0 Å². The second kappa shape index (κ2) is 8.35. The number of ether oxygens (including phenoxy) is 4. The van der Waals surface area contributed by atoms with Crippen LogP contribution >= 0.6 is 0 Å². The minimum Gasteiger partial charge on any atom is -0.488 e. The van der Waals surface area contributed by atoms with Gasteiger partial charge in [0, 0.05) is 37.0 Å². The summed E-state index contributed by atoms with van der Waals surface area (Å²) >= 11 is 0. The number of aromatic nitrogens is 2. The van der Waals surface area contributed by atoms with Crippen LogP contribution in [0.25, 0.3) is 0 Å². The van der Waals surface area contributed by atoms with Crippen LogP contribution < -0.4 is 24.3 Å². The number of carbonyl (C=O) groups is 1. The summed E-state index contributed by atoms with van der Waals surface area (Å²) in [4.78, 5) is 12.7. The van der Waals surface area contributed by atoms with Crippen LogP contribution in [0.3, 0.4) is 0 Å². The van der Waals surface area contributed by atoms with Gasteiger partial charge in [0.15, 0.2) is 17.3 Å². The van der Waals surface area contributed by atoms with E-state index in [1.54, 1.807) is 26.2 Å². The van der Waals surface area contributed by atoms with Crippen LogP contribution in [-0.2, 0) is 7.05 Å². The maximum absolute atomic E-state index is 13.3. The van der Waals surface area contributed by atoms with Gasteiger partial charge in [-0.25, -0.2) is 0 Å². The van der Waals surface area contributed by atoms with Crippen LogP contribution in [0.1, 0.15) is 17.3 Å². The minimum absolute atomic E-state index is 0.119. The molecule has 1 aliphatic rings.